The van der Waals surface area contributed by atoms with Gasteiger partial charge in [0.15, 0.2) is 0 Å². The van der Waals surface area contributed by atoms with Crippen LogP contribution in [0.4, 0.5) is 4.39 Å². The first-order valence-electron chi connectivity index (χ1n) is 4.18. The number of hydrogen-bond acceptors (Lipinski definition) is 2. The summed E-state index contributed by atoms with van der Waals surface area (Å²) >= 11 is 0. The van der Waals surface area contributed by atoms with Crippen molar-refractivity contribution in [1.29, 1.82) is 0 Å². The normalized spacial score (nSPS) is 50.7. The lowest BCUT2D eigenvalue weighted by atomic mass is 9.76. The highest BCUT2D eigenvalue weighted by Crippen LogP contribution is 2.36. The monoisotopic (exact) mass is 159 g/mol. The number of piperidine rings is 1. The van der Waals surface area contributed by atoms with E-state index < -0.39 is 5.67 Å². The molecule has 0 saturated carbocycles. The number of fused-ring (bicyclic) bond motifs is 2. The van der Waals surface area contributed by atoms with Gasteiger partial charge in [0.2, 0.25) is 0 Å². The van der Waals surface area contributed by atoms with Crippen LogP contribution in [0, 0.1) is 11.8 Å². The van der Waals surface area contributed by atoms with E-state index in [2.05, 4.69) is 5.32 Å². The Morgan fingerprint density at radius 3 is 2.36 bits per heavy atom. The summed E-state index contributed by atoms with van der Waals surface area (Å²) in [5.41, 5.74) is -0.997. The molecule has 1 N–H and O–H groups in total. The summed E-state index contributed by atoms with van der Waals surface area (Å²) in [7, 11) is 0. The summed E-state index contributed by atoms with van der Waals surface area (Å²) in [6.07, 6.45) is 0. The fourth-order valence-electron chi connectivity index (χ4n) is 1.96. The van der Waals surface area contributed by atoms with Crippen LogP contribution in [0.1, 0.15) is 6.92 Å². The van der Waals surface area contributed by atoms with E-state index in [1.54, 1.807) is 6.92 Å². The van der Waals surface area contributed by atoms with E-state index in [9.17, 15) is 4.39 Å². The molecular formula is C8H14FNO. The van der Waals surface area contributed by atoms with Gasteiger partial charge in [0.25, 0.3) is 0 Å². The van der Waals surface area contributed by atoms with Gasteiger partial charge in [-0.3, -0.25) is 0 Å². The van der Waals surface area contributed by atoms with E-state index in [0.29, 0.717) is 13.2 Å². The first kappa shape index (κ1) is 7.50. The van der Waals surface area contributed by atoms with Gasteiger partial charge in [0.05, 0.1) is 13.2 Å². The van der Waals surface area contributed by atoms with Gasteiger partial charge in [-0.2, -0.15) is 0 Å². The fourth-order valence-corrected chi connectivity index (χ4v) is 1.96. The smallest absolute Gasteiger partial charge is 0.120 e. The van der Waals surface area contributed by atoms with Crippen LogP contribution in [-0.2, 0) is 4.74 Å². The van der Waals surface area contributed by atoms with E-state index in [-0.39, 0.29) is 11.8 Å². The first-order chi connectivity index (χ1) is 5.21. The molecule has 2 atom stereocenters. The van der Waals surface area contributed by atoms with E-state index in [1.165, 1.54) is 0 Å². The third-order valence-corrected chi connectivity index (χ3v) is 3.02. The molecule has 3 heteroatoms. The van der Waals surface area contributed by atoms with Gasteiger partial charge in [-0.25, -0.2) is 4.39 Å². The van der Waals surface area contributed by atoms with Crippen molar-refractivity contribution in [2.75, 3.05) is 26.3 Å². The lowest BCUT2D eigenvalue weighted by Crippen LogP contribution is -2.58. The molecule has 64 valence electrons. The van der Waals surface area contributed by atoms with Crippen LogP contribution in [0.2, 0.25) is 0 Å². The fraction of sp³-hybridized carbons (Fsp3) is 1.00. The summed E-state index contributed by atoms with van der Waals surface area (Å²) < 4.78 is 19.2. The average Bonchev–Trinajstić information content (AvgIpc) is 1.82. The Bertz CT molecular complexity index is 136. The lowest BCUT2D eigenvalue weighted by Gasteiger charge is -2.45. The number of halogens is 1. The topological polar surface area (TPSA) is 21.3 Å². The number of hydrogen-bond donors (Lipinski definition) is 1. The Balaban J connectivity index is 2.17. The molecule has 2 rings (SSSR count). The Hall–Kier alpha value is -0.150. The number of nitrogens with one attached hydrogen (secondary N) is 1. The quantitative estimate of drug-likeness (QED) is 0.558. The van der Waals surface area contributed by atoms with Gasteiger partial charge in [0, 0.05) is 24.9 Å². The molecule has 0 aromatic rings. The molecule has 2 saturated heterocycles. The summed E-state index contributed by atoms with van der Waals surface area (Å²) in [4.78, 5) is 0. The van der Waals surface area contributed by atoms with Crippen LogP contribution in [0.3, 0.4) is 0 Å². The highest BCUT2D eigenvalue weighted by molar-refractivity contribution is 4.97. The summed E-state index contributed by atoms with van der Waals surface area (Å²) in [5.74, 6) is 0.130. The summed E-state index contributed by atoms with van der Waals surface area (Å²) in [6, 6.07) is 0. The van der Waals surface area contributed by atoms with Crippen LogP contribution < -0.4 is 5.32 Å². The van der Waals surface area contributed by atoms with Crippen molar-refractivity contribution in [3.8, 4) is 0 Å². The zero-order valence-electron chi connectivity index (χ0n) is 6.77. The van der Waals surface area contributed by atoms with Gasteiger partial charge in [-0.05, 0) is 6.92 Å². The molecular weight excluding hydrogens is 145 g/mol. The minimum absolute atomic E-state index is 0.0648. The number of rotatable bonds is 0. The lowest BCUT2D eigenvalue weighted by molar-refractivity contribution is -0.114. The number of alkyl halides is 1. The maximum atomic E-state index is 13.9. The van der Waals surface area contributed by atoms with Gasteiger partial charge in [-0.15, -0.1) is 0 Å². The highest BCUT2D eigenvalue weighted by atomic mass is 19.1. The van der Waals surface area contributed by atoms with Crippen molar-refractivity contribution < 1.29 is 9.13 Å². The number of ether oxygens (including phenoxy) is 1. The van der Waals surface area contributed by atoms with Gasteiger partial charge in [-0.1, -0.05) is 0 Å². The summed E-state index contributed by atoms with van der Waals surface area (Å²) in [5, 5.41) is 3.22. The molecule has 2 nitrogen and oxygen atoms in total. The van der Waals surface area contributed by atoms with Crippen LogP contribution in [0.15, 0.2) is 0 Å². The minimum atomic E-state index is -0.997. The molecule has 2 bridgehead atoms. The molecule has 0 aromatic carbocycles. The second-order valence-corrected chi connectivity index (χ2v) is 3.74. The van der Waals surface area contributed by atoms with Gasteiger partial charge in [0.1, 0.15) is 5.67 Å². The maximum Gasteiger partial charge on any atom is 0.120 e. The SMILES string of the molecule is CC1(F)C2CNCC1COC2. The van der Waals surface area contributed by atoms with Crippen molar-refractivity contribution in [3.05, 3.63) is 0 Å². The highest BCUT2D eigenvalue weighted by Gasteiger charge is 2.47. The molecule has 2 heterocycles. The van der Waals surface area contributed by atoms with E-state index in [1.807, 2.05) is 0 Å². The molecule has 11 heavy (non-hydrogen) atoms. The third kappa shape index (κ3) is 1.07. The minimum Gasteiger partial charge on any atom is -0.381 e. The second kappa shape index (κ2) is 2.42. The van der Waals surface area contributed by atoms with Crippen molar-refractivity contribution in [2.24, 2.45) is 11.8 Å². The average molecular weight is 159 g/mol. The third-order valence-electron chi connectivity index (χ3n) is 3.02. The molecule has 2 fully saturated rings. The molecule has 2 unspecified atom stereocenters. The predicted octanol–water partition coefficient (Wildman–Crippen LogP) is 0.580. The zero-order valence-corrected chi connectivity index (χ0v) is 6.77. The predicted molar refractivity (Wildman–Crippen MR) is 40.2 cm³/mol. The summed E-state index contributed by atoms with van der Waals surface area (Å²) in [6.45, 7) is 4.41. The van der Waals surface area contributed by atoms with Crippen molar-refractivity contribution >= 4 is 0 Å². The molecule has 0 aromatic heterocycles. The Morgan fingerprint density at radius 2 is 1.91 bits per heavy atom. The molecule has 0 spiro atoms. The van der Waals surface area contributed by atoms with Crippen molar-refractivity contribution in [1.82, 2.24) is 5.32 Å². The van der Waals surface area contributed by atoms with Crippen molar-refractivity contribution in [3.63, 3.8) is 0 Å². The van der Waals surface area contributed by atoms with Crippen LogP contribution in [0.5, 0.6) is 0 Å². The Morgan fingerprint density at radius 1 is 1.36 bits per heavy atom. The van der Waals surface area contributed by atoms with E-state index in [0.717, 1.165) is 13.1 Å². The van der Waals surface area contributed by atoms with Gasteiger partial charge >= 0.3 is 0 Å². The van der Waals surface area contributed by atoms with E-state index >= 15 is 0 Å². The van der Waals surface area contributed by atoms with Crippen molar-refractivity contribution in [2.45, 2.75) is 12.6 Å². The largest absolute Gasteiger partial charge is 0.381 e. The van der Waals surface area contributed by atoms with Crippen LogP contribution in [0.25, 0.3) is 0 Å². The molecule has 0 amide bonds. The van der Waals surface area contributed by atoms with Gasteiger partial charge < -0.3 is 10.1 Å². The molecule has 0 radical (unpaired) electrons. The Labute approximate surface area is 66.1 Å². The zero-order chi connectivity index (χ0) is 7.90. The maximum absolute atomic E-state index is 13.9. The molecule has 0 aliphatic carbocycles. The van der Waals surface area contributed by atoms with E-state index in [4.69, 9.17) is 4.74 Å². The van der Waals surface area contributed by atoms with Crippen LogP contribution in [-0.4, -0.2) is 32.0 Å². The molecule has 2 aliphatic heterocycles. The second-order valence-electron chi connectivity index (χ2n) is 3.74. The Kier molecular flexibility index (Phi) is 1.65. The molecule has 2 aliphatic rings. The van der Waals surface area contributed by atoms with Crippen LogP contribution >= 0.6 is 0 Å². The first-order valence-corrected chi connectivity index (χ1v) is 4.18. The standard InChI is InChI=1S/C8H14FNO/c1-8(9)6-2-10-3-7(8)5-11-4-6/h6-7,10H,2-5H2,1H3.